The number of benzene rings is 4. The third-order valence-corrected chi connectivity index (χ3v) is 7.64. The van der Waals surface area contributed by atoms with E-state index in [0.717, 1.165) is 12.1 Å². The number of fused-ring (bicyclic) bond motifs is 2. The number of hydrogen-bond acceptors (Lipinski definition) is 8. The lowest BCUT2D eigenvalue weighted by molar-refractivity contribution is -0.137. The number of aliphatic hydroxyl groups excluding tert-OH is 1. The van der Waals surface area contributed by atoms with Gasteiger partial charge in [0.2, 0.25) is 0 Å². The minimum Gasteiger partial charge on any atom is -0.491 e. The summed E-state index contributed by atoms with van der Waals surface area (Å²) in [6, 6.07) is 20.7. The first-order valence-electron chi connectivity index (χ1n) is 14.8. The lowest BCUT2D eigenvalue weighted by Crippen LogP contribution is -2.29. The molecule has 0 saturated heterocycles. The zero-order valence-electron chi connectivity index (χ0n) is 25.5. The second kappa shape index (κ2) is 13.7. The summed E-state index contributed by atoms with van der Waals surface area (Å²) in [7, 11) is 0. The molecule has 0 radical (unpaired) electrons. The van der Waals surface area contributed by atoms with Crippen molar-refractivity contribution >= 4 is 21.9 Å². The maximum absolute atomic E-state index is 13.5. The highest BCUT2D eigenvalue weighted by Gasteiger charge is 2.35. The average molecular weight is 699 g/mol. The molecule has 0 spiro atoms. The Morgan fingerprint density at radius 2 is 1.00 bits per heavy atom. The van der Waals surface area contributed by atoms with E-state index < -0.39 is 47.6 Å². The Hall–Kier alpha value is -5.60. The summed E-state index contributed by atoms with van der Waals surface area (Å²) >= 11 is 0. The van der Waals surface area contributed by atoms with Crippen LogP contribution in [-0.2, 0) is 17.1 Å². The van der Waals surface area contributed by atoms with E-state index >= 15 is 0 Å². The third-order valence-electron chi connectivity index (χ3n) is 7.64. The Kier molecular flexibility index (Phi) is 9.41. The van der Waals surface area contributed by atoms with Gasteiger partial charge in [-0.05, 0) is 48.5 Å². The number of hydrogen-bond donors (Lipinski definition) is 1. The smallest absolute Gasteiger partial charge is 0.417 e. The van der Waals surface area contributed by atoms with Crippen LogP contribution < -0.4 is 20.7 Å². The van der Waals surface area contributed by atoms with E-state index in [4.69, 9.17) is 23.0 Å². The maximum atomic E-state index is 13.5. The Balaban J connectivity index is 1.15. The lowest BCUT2D eigenvalue weighted by Gasteiger charge is -2.18. The summed E-state index contributed by atoms with van der Waals surface area (Å²) in [5.74, 6) is 0.428. The topological polar surface area (TPSA) is 108 Å². The van der Waals surface area contributed by atoms with Gasteiger partial charge in [-0.25, -0.2) is 9.59 Å². The fourth-order valence-electron chi connectivity index (χ4n) is 5.30. The Morgan fingerprint density at radius 3 is 1.40 bits per heavy atom. The lowest BCUT2D eigenvalue weighted by atomic mass is 10.00. The minimum atomic E-state index is -4.68. The van der Waals surface area contributed by atoms with Crippen LogP contribution in [-0.4, -0.2) is 31.2 Å². The minimum absolute atomic E-state index is 0.0549. The molecule has 0 aliphatic rings. The Labute approximate surface area is 277 Å². The van der Waals surface area contributed by atoms with Crippen LogP contribution in [0.5, 0.6) is 11.5 Å². The monoisotopic (exact) mass is 698 g/mol. The van der Waals surface area contributed by atoms with Crippen LogP contribution in [0.25, 0.3) is 44.2 Å². The summed E-state index contributed by atoms with van der Waals surface area (Å²) in [6.45, 7) is -1.03. The fourth-order valence-corrected chi connectivity index (χ4v) is 5.30. The quantitative estimate of drug-likeness (QED) is 0.0870. The summed E-state index contributed by atoms with van der Waals surface area (Å²) in [6.07, 6.45) is -10.2. The summed E-state index contributed by atoms with van der Waals surface area (Å²) < 4.78 is 109. The number of alkyl halides is 6. The van der Waals surface area contributed by atoms with Crippen LogP contribution in [0.15, 0.2) is 115 Å². The molecule has 8 nitrogen and oxygen atoms in total. The SMILES string of the molecule is O=c1oc2cc(OCC(COc3ccc4cc(-c5ccccc5C(F)(F)F)c(=O)oc4c3)OCO)ccc2cc1-c1ccccc1C(F)(F)F. The molecule has 0 aliphatic heterocycles. The molecule has 2 aromatic heterocycles. The van der Waals surface area contributed by atoms with Crippen LogP contribution in [0.2, 0.25) is 0 Å². The van der Waals surface area contributed by atoms with Crippen molar-refractivity contribution < 1.29 is 54.5 Å². The van der Waals surface area contributed by atoms with Gasteiger partial charge in [0.25, 0.3) is 0 Å². The highest BCUT2D eigenvalue weighted by Crippen LogP contribution is 2.38. The van der Waals surface area contributed by atoms with Crippen LogP contribution in [0.1, 0.15) is 11.1 Å². The van der Waals surface area contributed by atoms with Crippen molar-refractivity contribution in [2.24, 2.45) is 0 Å². The molecule has 0 aliphatic carbocycles. The van der Waals surface area contributed by atoms with E-state index in [-0.39, 0.29) is 58.1 Å². The summed E-state index contributed by atoms with van der Waals surface area (Å²) in [4.78, 5) is 25.4. The molecule has 6 rings (SSSR count). The van der Waals surface area contributed by atoms with Crippen LogP contribution >= 0.6 is 0 Å². The van der Waals surface area contributed by atoms with Gasteiger partial charge in [-0.15, -0.1) is 0 Å². The first-order chi connectivity index (χ1) is 23.8. The van der Waals surface area contributed by atoms with Gasteiger partial charge in [-0.2, -0.15) is 26.3 Å². The van der Waals surface area contributed by atoms with Crippen molar-refractivity contribution in [3.63, 3.8) is 0 Å². The van der Waals surface area contributed by atoms with Crippen molar-refractivity contribution in [1.82, 2.24) is 0 Å². The molecule has 2 heterocycles. The molecule has 0 bridgehead atoms. The highest BCUT2D eigenvalue weighted by molar-refractivity contribution is 5.84. The van der Waals surface area contributed by atoms with Gasteiger partial charge in [0, 0.05) is 34.0 Å². The zero-order chi connectivity index (χ0) is 35.6. The van der Waals surface area contributed by atoms with E-state index in [1.807, 2.05) is 0 Å². The van der Waals surface area contributed by atoms with Crippen LogP contribution in [0.3, 0.4) is 0 Å². The van der Waals surface area contributed by atoms with Gasteiger partial charge in [-0.1, -0.05) is 36.4 Å². The molecule has 0 amide bonds. The van der Waals surface area contributed by atoms with Crippen LogP contribution in [0, 0.1) is 0 Å². The number of ether oxygens (including phenoxy) is 3. The van der Waals surface area contributed by atoms with Gasteiger partial charge in [-0.3, -0.25) is 0 Å². The second-order valence-electron chi connectivity index (χ2n) is 10.9. The van der Waals surface area contributed by atoms with Crippen molar-refractivity contribution in [2.75, 3.05) is 20.0 Å². The molecule has 0 unspecified atom stereocenters. The van der Waals surface area contributed by atoms with E-state index in [2.05, 4.69) is 0 Å². The third kappa shape index (κ3) is 7.36. The first kappa shape index (κ1) is 34.3. The zero-order valence-corrected chi connectivity index (χ0v) is 25.5. The summed E-state index contributed by atoms with van der Waals surface area (Å²) in [5.41, 5.74) is -4.94. The molecular weight excluding hydrogens is 674 g/mol. The Bertz CT molecular complexity index is 2130. The average Bonchev–Trinajstić information content (AvgIpc) is 3.08. The molecule has 0 fully saturated rings. The maximum Gasteiger partial charge on any atom is 0.417 e. The molecule has 6 aromatic rings. The second-order valence-corrected chi connectivity index (χ2v) is 10.9. The van der Waals surface area contributed by atoms with Gasteiger partial charge in [0.15, 0.2) is 0 Å². The molecule has 50 heavy (non-hydrogen) atoms. The normalized spacial score (nSPS) is 12.2. The molecular formula is C36H24F6O8. The van der Waals surface area contributed by atoms with Gasteiger partial charge in [0.1, 0.15) is 48.8 Å². The molecule has 4 aromatic carbocycles. The van der Waals surface area contributed by atoms with Crippen molar-refractivity contribution in [1.29, 1.82) is 0 Å². The van der Waals surface area contributed by atoms with E-state index in [1.54, 1.807) is 0 Å². The molecule has 14 heteroatoms. The van der Waals surface area contributed by atoms with E-state index in [1.165, 1.54) is 84.9 Å². The van der Waals surface area contributed by atoms with Gasteiger partial charge in [0.05, 0.1) is 22.3 Å². The molecule has 1 N–H and O–H groups in total. The summed E-state index contributed by atoms with van der Waals surface area (Å²) in [5, 5.41) is 10.1. The molecule has 0 saturated carbocycles. The Morgan fingerprint density at radius 1 is 0.580 bits per heavy atom. The molecule has 258 valence electrons. The van der Waals surface area contributed by atoms with Crippen molar-refractivity contribution in [3.05, 3.63) is 129 Å². The van der Waals surface area contributed by atoms with Crippen LogP contribution in [0.4, 0.5) is 26.3 Å². The fraction of sp³-hybridized carbons (Fsp3) is 0.167. The predicted octanol–water partition coefficient (Wildman–Crippen LogP) is 8.06. The standard InChI is InChI=1S/C36H24F6O8/c37-35(38,39)29-7-3-1-5-25(29)27-13-20-9-11-22(15-31(20)49-33(27)44)46-17-24(48-19-43)18-47-23-12-10-21-14-28(34(45)50-32(21)16-23)26-6-2-4-8-30(26)36(40,41)42/h1-16,24,43H,17-19H2. The first-order valence-corrected chi connectivity index (χ1v) is 14.8. The van der Waals surface area contributed by atoms with Gasteiger partial charge < -0.3 is 28.2 Å². The van der Waals surface area contributed by atoms with Crippen molar-refractivity contribution in [3.8, 4) is 33.8 Å². The van der Waals surface area contributed by atoms with Gasteiger partial charge >= 0.3 is 23.6 Å². The van der Waals surface area contributed by atoms with E-state index in [0.29, 0.717) is 10.8 Å². The number of halogens is 6. The highest BCUT2D eigenvalue weighted by atomic mass is 19.4. The molecule has 0 atom stereocenters. The largest absolute Gasteiger partial charge is 0.491 e. The van der Waals surface area contributed by atoms with Crippen molar-refractivity contribution in [2.45, 2.75) is 18.5 Å². The number of rotatable bonds is 10. The predicted molar refractivity (Wildman–Crippen MR) is 169 cm³/mol. The van der Waals surface area contributed by atoms with E-state index in [9.17, 15) is 41.0 Å². The number of aliphatic hydroxyl groups is 1.